The Hall–Kier alpha value is -3.03. The number of amides is 1. The topological polar surface area (TPSA) is 91.7 Å². The number of hydrogen-bond acceptors (Lipinski definition) is 6. The number of nitrogens with one attached hydrogen (secondary N) is 1. The first-order valence-corrected chi connectivity index (χ1v) is 8.78. The fraction of sp³-hybridized carbons (Fsp3) is 0.421. The van der Waals surface area contributed by atoms with Crippen LogP contribution in [0.15, 0.2) is 18.2 Å². The molecule has 0 saturated carbocycles. The van der Waals surface area contributed by atoms with Crippen molar-refractivity contribution in [2.45, 2.75) is 33.3 Å². The molecular weight excluding hydrogens is 350 g/mol. The van der Waals surface area contributed by atoms with Gasteiger partial charge in [-0.15, -0.1) is 0 Å². The number of carbonyl (C=O) groups excluding carboxylic acids is 2. The minimum absolute atomic E-state index is 0.382. The SMILES string of the molecule is Cc1nn(C)c(C)c1C(=O)OC(C)C(=O)Nc1ccc2c(c1)OCCCO2. The van der Waals surface area contributed by atoms with Gasteiger partial charge in [-0.1, -0.05) is 0 Å². The van der Waals surface area contributed by atoms with Gasteiger partial charge in [0.15, 0.2) is 17.6 Å². The van der Waals surface area contributed by atoms with Crippen LogP contribution >= 0.6 is 0 Å². The second-order valence-corrected chi connectivity index (χ2v) is 6.42. The quantitative estimate of drug-likeness (QED) is 0.828. The van der Waals surface area contributed by atoms with Gasteiger partial charge in [0.1, 0.15) is 5.56 Å². The van der Waals surface area contributed by atoms with Gasteiger partial charge in [-0.05, 0) is 32.9 Å². The Kier molecular flexibility index (Phi) is 5.34. The van der Waals surface area contributed by atoms with Crippen molar-refractivity contribution in [3.63, 3.8) is 0 Å². The molecule has 8 heteroatoms. The molecule has 144 valence electrons. The molecule has 8 nitrogen and oxygen atoms in total. The van der Waals surface area contributed by atoms with E-state index >= 15 is 0 Å². The van der Waals surface area contributed by atoms with Gasteiger partial charge in [0.25, 0.3) is 5.91 Å². The highest BCUT2D eigenvalue weighted by molar-refractivity contribution is 5.98. The number of carbonyl (C=O) groups is 2. The van der Waals surface area contributed by atoms with E-state index in [1.165, 1.54) is 6.92 Å². The van der Waals surface area contributed by atoms with Crippen LogP contribution < -0.4 is 14.8 Å². The normalized spacial score (nSPS) is 14.2. The minimum Gasteiger partial charge on any atom is -0.490 e. The molecule has 27 heavy (non-hydrogen) atoms. The first kappa shape index (κ1) is 18.8. The summed E-state index contributed by atoms with van der Waals surface area (Å²) in [6, 6.07) is 5.16. The molecule has 1 aromatic heterocycles. The van der Waals surface area contributed by atoms with Gasteiger partial charge < -0.3 is 19.5 Å². The van der Waals surface area contributed by atoms with E-state index in [1.54, 1.807) is 43.8 Å². The third-order valence-corrected chi connectivity index (χ3v) is 4.38. The fourth-order valence-corrected chi connectivity index (χ4v) is 2.83. The van der Waals surface area contributed by atoms with Crippen molar-refractivity contribution in [3.8, 4) is 11.5 Å². The molecule has 1 aromatic carbocycles. The minimum atomic E-state index is -0.965. The Bertz CT molecular complexity index is 874. The Morgan fingerprint density at radius 2 is 1.93 bits per heavy atom. The maximum absolute atomic E-state index is 12.4. The van der Waals surface area contributed by atoms with E-state index in [9.17, 15) is 9.59 Å². The maximum atomic E-state index is 12.4. The van der Waals surface area contributed by atoms with Crippen LogP contribution in [0.2, 0.25) is 0 Å². The molecule has 0 bridgehead atoms. The molecule has 2 heterocycles. The summed E-state index contributed by atoms with van der Waals surface area (Å²) >= 11 is 0. The van der Waals surface area contributed by atoms with Gasteiger partial charge in [0, 0.05) is 30.9 Å². The summed E-state index contributed by atoms with van der Waals surface area (Å²) in [6.07, 6.45) is -0.163. The van der Waals surface area contributed by atoms with Crippen LogP contribution in [-0.4, -0.2) is 41.0 Å². The average molecular weight is 373 g/mol. The van der Waals surface area contributed by atoms with Crippen molar-refractivity contribution in [1.29, 1.82) is 0 Å². The number of hydrogen-bond donors (Lipinski definition) is 1. The van der Waals surface area contributed by atoms with Crippen LogP contribution in [0.3, 0.4) is 0 Å². The Balaban J connectivity index is 1.65. The van der Waals surface area contributed by atoms with E-state index < -0.39 is 18.0 Å². The summed E-state index contributed by atoms with van der Waals surface area (Å²) in [4.78, 5) is 24.8. The lowest BCUT2D eigenvalue weighted by atomic mass is 10.2. The molecule has 0 radical (unpaired) electrons. The molecule has 1 atom stereocenters. The van der Waals surface area contributed by atoms with E-state index in [4.69, 9.17) is 14.2 Å². The Morgan fingerprint density at radius 3 is 2.59 bits per heavy atom. The van der Waals surface area contributed by atoms with E-state index in [0.717, 1.165) is 6.42 Å². The highest BCUT2D eigenvalue weighted by Gasteiger charge is 2.24. The number of fused-ring (bicyclic) bond motifs is 1. The summed E-state index contributed by atoms with van der Waals surface area (Å²) in [6.45, 7) is 6.18. The highest BCUT2D eigenvalue weighted by Crippen LogP contribution is 2.32. The third kappa shape index (κ3) is 4.05. The lowest BCUT2D eigenvalue weighted by Gasteiger charge is -2.15. The molecule has 0 aliphatic carbocycles. The van der Waals surface area contributed by atoms with Crippen LogP contribution in [0.25, 0.3) is 0 Å². The molecule has 0 fully saturated rings. The van der Waals surface area contributed by atoms with Gasteiger partial charge in [0.05, 0.1) is 18.9 Å². The highest BCUT2D eigenvalue weighted by atomic mass is 16.5. The van der Waals surface area contributed by atoms with Crippen molar-refractivity contribution in [3.05, 3.63) is 35.2 Å². The third-order valence-electron chi connectivity index (χ3n) is 4.38. The molecule has 2 aromatic rings. The summed E-state index contributed by atoms with van der Waals surface area (Å²) in [7, 11) is 1.75. The first-order chi connectivity index (χ1) is 12.9. The van der Waals surface area contributed by atoms with Crippen LogP contribution in [0.1, 0.15) is 35.1 Å². The summed E-state index contributed by atoms with van der Waals surface area (Å²) in [5.41, 5.74) is 2.18. The predicted octanol–water partition coefficient (Wildman–Crippen LogP) is 2.38. The molecule has 0 spiro atoms. The fourth-order valence-electron chi connectivity index (χ4n) is 2.83. The summed E-state index contributed by atoms with van der Waals surface area (Å²) < 4.78 is 18.1. The number of benzene rings is 1. The maximum Gasteiger partial charge on any atom is 0.342 e. The van der Waals surface area contributed by atoms with Crippen molar-refractivity contribution < 1.29 is 23.8 Å². The van der Waals surface area contributed by atoms with E-state index in [-0.39, 0.29) is 0 Å². The molecule has 1 unspecified atom stereocenters. The zero-order valence-electron chi connectivity index (χ0n) is 15.9. The first-order valence-electron chi connectivity index (χ1n) is 8.78. The van der Waals surface area contributed by atoms with E-state index in [0.29, 0.717) is 47.4 Å². The van der Waals surface area contributed by atoms with Gasteiger partial charge in [-0.3, -0.25) is 9.48 Å². The number of anilines is 1. The number of nitrogens with zero attached hydrogens (tertiary/aromatic N) is 2. The van der Waals surface area contributed by atoms with Crippen molar-refractivity contribution in [2.24, 2.45) is 7.05 Å². The lowest BCUT2D eigenvalue weighted by molar-refractivity contribution is -0.123. The predicted molar refractivity (Wildman–Crippen MR) is 98.2 cm³/mol. The number of aromatic nitrogens is 2. The van der Waals surface area contributed by atoms with E-state index in [1.807, 2.05) is 0 Å². The zero-order chi connectivity index (χ0) is 19.6. The molecule has 3 rings (SSSR count). The molecule has 1 amide bonds. The van der Waals surface area contributed by atoms with Crippen LogP contribution in [-0.2, 0) is 16.6 Å². The van der Waals surface area contributed by atoms with Gasteiger partial charge in [-0.2, -0.15) is 5.10 Å². The average Bonchev–Trinajstić information content (AvgIpc) is 2.79. The van der Waals surface area contributed by atoms with Gasteiger partial charge >= 0.3 is 5.97 Å². The number of esters is 1. The van der Waals surface area contributed by atoms with Crippen LogP contribution in [0.5, 0.6) is 11.5 Å². The largest absolute Gasteiger partial charge is 0.490 e. The second kappa shape index (κ2) is 7.69. The standard InChI is InChI=1S/C19H23N3O5/c1-11-17(12(2)22(4)21-11)19(24)27-13(3)18(23)20-14-6-7-15-16(10-14)26-9-5-8-25-15/h6-7,10,13H,5,8-9H2,1-4H3,(H,20,23). The molecule has 1 aliphatic heterocycles. The van der Waals surface area contributed by atoms with Gasteiger partial charge in [0.2, 0.25) is 0 Å². The van der Waals surface area contributed by atoms with Crippen molar-refractivity contribution >= 4 is 17.6 Å². The molecular formula is C19H23N3O5. The van der Waals surface area contributed by atoms with Crippen molar-refractivity contribution in [1.82, 2.24) is 9.78 Å². The molecule has 0 saturated heterocycles. The second-order valence-electron chi connectivity index (χ2n) is 6.42. The number of rotatable bonds is 4. The Morgan fingerprint density at radius 1 is 1.22 bits per heavy atom. The monoisotopic (exact) mass is 373 g/mol. The summed E-state index contributed by atoms with van der Waals surface area (Å²) in [5, 5.41) is 6.92. The molecule has 1 aliphatic rings. The lowest BCUT2D eigenvalue weighted by Crippen LogP contribution is -2.30. The molecule has 1 N–H and O–H groups in total. The Labute approximate surface area is 157 Å². The van der Waals surface area contributed by atoms with Crippen LogP contribution in [0.4, 0.5) is 5.69 Å². The number of ether oxygens (including phenoxy) is 3. The summed E-state index contributed by atoms with van der Waals surface area (Å²) in [5.74, 6) is 0.223. The number of aryl methyl sites for hydroxylation is 2. The van der Waals surface area contributed by atoms with Gasteiger partial charge in [-0.25, -0.2) is 4.79 Å². The van der Waals surface area contributed by atoms with E-state index in [2.05, 4.69) is 10.4 Å². The van der Waals surface area contributed by atoms with Crippen LogP contribution in [0, 0.1) is 13.8 Å². The smallest absolute Gasteiger partial charge is 0.342 e. The zero-order valence-corrected chi connectivity index (χ0v) is 15.9. The van der Waals surface area contributed by atoms with Crippen molar-refractivity contribution in [2.75, 3.05) is 18.5 Å².